The quantitative estimate of drug-likeness (QED) is 0.898. The maximum Gasteiger partial charge on any atom is 0.321 e. The monoisotopic (exact) mass is 306 g/mol. The molecule has 3 rings (SSSR count). The molecule has 2 aliphatic rings. The van der Waals surface area contributed by atoms with Gasteiger partial charge in [0.2, 0.25) is 0 Å². The van der Waals surface area contributed by atoms with Crippen LogP contribution in [0.4, 0.5) is 10.5 Å². The van der Waals surface area contributed by atoms with Gasteiger partial charge in [-0.05, 0) is 43.9 Å². The molecule has 1 saturated heterocycles. The zero-order valence-electron chi connectivity index (χ0n) is 13.5. The van der Waals surface area contributed by atoms with E-state index in [4.69, 9.17) is 0 Å². The van der Waals surface area contributed by atoms with E-state index in [1.165, 1.54) is 12.8 Å². The molecule has 1 aliphatic heterocycles. The number of amides is 2. The Morgan fingerprint density at radius 3 is 2.77 bits per heavy atom. The second-order valence-corrected chi connectivity index (χ2v) is 7.17. The van der Waals surface area contributed by atoms with Crippen molar-refractivity contribution in [2.24, 2.45) is 11.3 Å². The highest BCUT2D eigenvalue weighted by Crippen LogP contribution is 2.39. The zero-order chi connectivity index (χ0) is 15.7. The lowest BCUT2D eigenvalue weighted by atomic mass is 9.81. The molecule has 0 aromatic carbocycles. The molecule has 6 heteroatoms. The molecule has 2 fully saturated rings. The Kier molecular flexibility index (Phi) is 4.12. The van der Waals surface area contributed by atoms with Gasteiger partial charge in [-0.25, -0.2) is 4.79 Å². The van der Waals surface area contributed by atoms with Gasteiger partial charge in [-0.1, -0.05) is 6.92 Å². The first kappa shape index (κ1) is 15.3. The molecule has 1 aromatic heterocycles. The fourth-order valence-electron chi connectivity index (χ4n) is 3.03. The number of anilines is 1. The summed E-state index contributed by atoms with van der Waals surface area (Å²) >= 11 is 0. The second-order valence-electron chi connectivity index (χ2n) is 7.17. The molecule has 2 N–H and O–H groups in total. The minimum absolute atomic E-state index is 0.0403. The Hall–Kier alpha value is -1.56. The van der Waals surface area contributed by atoms with Gasteiger partial charge in [0.15, 0.2) is 0 Å². The summed E-state index contributed by atoms with van der Waals surface area (Å²) in [5.74, 6) is 0.738. The number of nitrogens with zero attached hydrogens (tertiary/aromatic N) is 3. The molecule has 2 heterocycles. The predicted molar refractivity (Wildman–Crippen MR) is 84.7 cm³/mol. The SMILES string of the molecule is CC(C1CC1)n1cc(NC(=O)N2CCC(C)(CO)CC2)cn1. The molecule has 2 amide bonds. The first-order valence-electron chi connectivity index (χ1n) is 8.22. The smallest absolute Gasteiger partial charge is 0.321 e. The van der Waals surface area contributed by atoms with E-state index in [2.05, 4.69) is 24.3 Å². The Balaban J connectivity index is 1.54. The normalized spacial score (nSPS) is 22.4. The Morgan fingerprint density at radius 2 is 2.18 bits per heavy atom. The summed E-state index contributed by atoms with van der Waals surface area (Å²) < 4.78 is 1.95. The van der Waals surface area contributed by atoms with Crippen LogP contribution in [-0.2, 0) is 0 Å². The maximum atomic E-state index is 12.3. The van der Waals surface area contributed by atoms with Crippen LogP contribution in [-0.4, -0.2) is 45.5 Å². The summed E-state index contributed by atoms with van der Waals surface area (Å²) in [6.07, 6.45) is 7.88. The van der Waals surface area contributed by atoms with E-state index in [1.807, 2.05) is 15.8 Å². The van der Waals surface area contributed by atoms with Gasteiger partial charge in [0.05, 0.1) is 17.9 Å². The molecule has 1 aromatic rings. The van der Waals surface area contributed by atoms with Gasteiger partial charge >= 0.3 is 6.03 Å². The van der Waals surface area contributed by atoms with Gasteiger partial charge in [-0.2, -0.15) is 5.10 Å². The van der Waals surface area contributed by atoms with Crippen LogP contribution in [0.3, 0.4) is 0 Å². The summed E-state index contributed by atoms with van der Waals surface area (Å²) in [6.45, 7) is 5.82. The van der Waals surface area contributed by atoms with Crippen LogP contribution in [0.1, 0.15) is 45.6 Å². The van der Waals surface area contributed by atoms with Crippen molar-refractivity contribution in [3.63, 3.8) is 0 Å². The van der Waals surface area contributed by atoms with Crippen molar-refractivity contribution in [2.45, 2.75) is 45.6 Å². The van der Waals surface area contributed by atoms with Gasteiger partial charge in [0.1, 0.15) is 0 Å². The molecule has 6 nitrogen and oxygen atoms in total. The average Bonchev–Trinajstić information content (AvgIpc) is 3.27. The van der Waals surface area contributed by atoms with Gasteiger partial charge in [-0.3, -0.25) is 4.68 Å². The molecular weight excluding hydrogens is 280 g/mol. The van der Waals surface area contributed by atoms with Crippen LogP contribution < -0.4 is 5.32 Å². The molecule has 22 heavy (non-hydrogen) atoms. The third-order valence-corrected chi connectivity index (χ3v) is 5.21. The van der Waals surface area contributed by atoms with E-state index in [1.54, 1.807) is 6.20 Å². The van der Waals surface area contributed by atoms with Crippen LogP contribution in [0.25, 0.3) is 0 Å². The Bertz CT molecular complexity index is 530. The number of aromatic nitrogens is 2. The van der Waals surface area contributed by atoms with E-state index in [0.717, 1.165) is 24.4 Å². The van der Waals surface area contributed by atoms with E-state index in [0.29, 0.717) is 19.1 Å². The van der Waals surface area contributed by atoms with Crippen LogP contribution in [0, 0.1) is 11.3 Å². The summed E-state index contributed by atoms with van der Waals surface area (Å²) in [5.41, 5.74) is 0.717. The van der Waals surface area contributed by atoms with Crippen LogP contribution in [0.15, 0.2) is 12.4 Å². The number of aliphatic hydroxyl groups is 1. The minimum atomic E-state index is -0.0707. The lowest BCUT2D eigenvalue weighted by molar-refractivity contribution is 0.0728. The van der Waals surface area contributed by atoms with Crippen molar-refractivity contribution in [2.75, 3.05) is 25.0 Å². The van der Waals surface area contributed by atoms with Gasteiger partial charge in [-0.15, -0.1) is 0 Å². The molecule has 1 atom stereocenters. The standard InChI is InChI=1S/C16H26N4O2/c1-12(13-3-4-13)20-10-14(9-17-20)18-15(22)19-7-5-16(2,11-21)6-8-19/h9-10,12-13,21H,3-8,11H2,1-2H3,(H,18,22). The topological polar surface area (TPSA) is 70.4 Å². The summed E-state index contributed by atoms with van der Waals surface area (Å²) in [4.78, 5) is 14.1. The van der Waals surface area contributed by atoms with E-state index in [9.17, 15) is 9.90 Å². The van der Waals surface area contributed by atoms with E-state index < -0.39 is 0 Å². The number of piperidine rings is 1. The number of carbonyl (C=O) groups excluding carboxylic acids is 1. The Morgan fingerprint density at radius 1 is 1.50 bits per heavy atom. The van der Waals surface area contributed by atoms with Crippen LogP contribution >= 0.6 is 0 Å². The van der Waals surface area contributed by atoms with E-state index in [-0.39, 0.29) is 18.1 Å². The highest BCUT2D eigenvalue weighted by atomic mass is 16.3. The van der Waals surface area contributed by atoms with Gasteiger partial charge < -0.3 is 15.3 Å². The molecule has 0 bridgehead atoms. The number of urea groups is 1. The number of nitrogens with one attached hydrogen (secondary N) is 1. The summed E-state index contributed by atoms with van der Waals surface area (Å²) in [6, 6.07) is 0.338. The first-order chi connectivity index (χ1) is 10.5. The fraction of sp³-hybridized carbons (Fsp3) is 0.750. The fourth-order valence-corrected chi connectivity index (χ4v) is 3.03. The summed E-state index contributed by atoms with van der Waals surface area (Å²) in [5, 5.41) is 16.7. The number of rotatable bonds is 4. The summed E-state index contributed by atoms with van der Waals surface area (Å²) in [7, 11) is 0. The molecule has 0 spiro atoms. The van der Waals surface area contributed by atoms with Crippen LogP contribution in [0.5, 0.6) is 0 Å². The molecule has 1 unspecified atom stereocenters. The minimum Gasteiger partial charge on any atom is -0.396 e. The molecule has 122 valence electrons. The van der Waals surface area contributed by atoms with Crippen molar-refractivity contribution in [1.29, 1.82) is 0 Å². The van der Waals surface area contributed by atoms with Gasteiger partial charge in [0, 0.05) is 25.9 Å². The maximum absolute atomic E-state index is 12.3. The zero-order valence-corrected chi connectivity index (χ0v) is 13.5. The number of hydrogen-bond acceptors (Lipinski definition) is 3. The van der Waals surface area contributed by atoms with Crippen molar-refractivity contribution >= 4 is 11.7 Å². The van der Waals surface area contributed by atoms with Crippen LogP contribution in [0.2, 0.25) is 0 Å². The molecule has 1 aliphatic carbocycles. The second kappa shape index (κ2) is 5.91. The Labute approximate surface area is 131 Å². The number of likely N-dealkylation sites (tertiary alicyclic amines) is 1. The largest absolute Gasteiger partial charge is 0.396 e. The third-order valence-electron chi connectivity index (χ3n) is 5.21. The van der Waals surface area contributed by atoms with Gasteiger partial charge in [0.25, 0.3) is 0 Å². The third kappa shape index (κ3) is 3.27. The lowest BCUT2D eigenvalue weighted by Gasteiger charge is -2.38. The predicted octanol–water partition coefficient (Wildman–Crippen LogP) is 2.48. The van der Waals surface area contributed by atoms with Crippen molar-refractivity contribution in [3.05, 3.63) is 12.4 Å². The lowest BCUT2D eigenvalue weighted by Crippen LogP contribution is -2.45. The molecule has 0 radical (unpaired) electrons. The first-order valence-corrected chi connectivity index (χ1v) is 8.22. The van der Waals surface area contributed by atoms with E-state index >= 15 is 0 Å². The highest BCUT2D eigenvalue weighted by molar-refractivity contribution is 5.89. The molecular formula is C16H26N4O2. The average molecular weight is 306 g/mol. The number of aliphatic hydroxyl groups excluding tert-OH is 1. The van der Waals surface area contributed by atoms with Crippen molar-refractivity contribution < 1.29 is 9.90 Å². The van der Waals surface area contributed by atoms with Crippen molar-refractivity contribution in [1.82, 2.24) is 14.7 Å². The highest BCUT2D eigenvalue weighted by Gasteiger charge is 2.32. The van der Waals surface area contributed by atoms with Crippen molar-refractivity contribution in [3.8, 4) is 0 Å². The number of carbonyl (C=O) groups is 1. The molecule has 1 saturated carbocycles. The number of hydrogen-bond donors (Lipinski definition) is 2.